The number of anilines is 1. The molecule has 0 bridgehead atoms. The zero-order valence-electron chi connectivity index (χ0n) is 6.11. The first-order chi connectivity index (χ1) is 5.29. The van der Waals surface area contributed by atoms with Crippen LogP contribution >= 0.6 is 0 Å². The number of hydrogen-bond donors (Lipinski definition) is 1. The Balaban J connectivity index is 2.93. The minimum atomic E-state index is 0.238. The van der Waals surface area contributed by atoms with Crippen molar-refractivity contribution in [2.24, 2.45) is 0 Å². The van der Waals surface area contributed by atoms with Crippen molar-refractivity contribution in [3.8, 4) is 6.07 Å². The van der Waals surface area contributed by atoms with Crippen LogP contribution in [0.3, 0.4) is 0 Å². The standard InChI is InChI=1S/C6H8N4O/c1-11-4-10-3-9-5(2-7)6(10)8/h3H,4,8H2,1H3. The Bertz CT molecular complexity index is 285. The first-order valence-corrected chi connectivity index (χ1v) is 2.99. The third-order valence-electron chi connectivity index (χ3n) is 1.25. The monoisotopic (exact) mass is 152 g/mol. The number of methoxy groups -OCH3 is 1. The molecule has 0 aromatic carbocycles. The zero-order chi connectivity index (χ0) is 8.27. The fraction of sp³-hybridized carbons (Fsp3) is 0.333. The molecule has 0 saturated carbocycles. The fourth-order valence-electron chi connectivity index (χ4n) is 0.720. The van der Waals surface area contributed by atoms with Gasteiger partial charge in [-0.05, 0) is 0 Å². The summed E-state index contributed by atoms with van der Waals surface area (Å²) in [5.41, 5.74) is 5.74. The molecular formula is C6H8N4O. The highest BCUT2D eigenvalue weighted by Gasteiger charge is 2.04. The van der Waals surface area contributed by atoms with Crippen molar-refractivity contribution in [1.29, 1.82) is 5.26 Å². The number of nitrogens with two attached hydrogens (primary N) is 1. The van der Waals surface area contributed by atoms with Gasteiger partial charge in [0.15, 0.2) is 5.69 Å². The number of nitrogens with zero attached hydrogens (tertiary/aromatic N) is 3. The minimum absolute atomic E-state index is 0.238. The Morgan fingerprint density at radius 1 is 1.91 bits per heavy atom. The highest BCUT2D eigenvalue weighted by atomic mass is 16.5. The second-order valence-electron chi connectivity index (χ2n) is 1.98. The van der Waals surface area contributed by atoms with Gasteiger partial charge in [0, 0.05) is 7.11 Å². The average molecular weight is 152 g/mol. The molecule has 1 aromatic rings. The molecule has 0 aliphatic rings. The molecule has 0 unspecified atom stereocenters. The molecule has 5 heteroatoms. The second kappa shape index (κ2) is 3.03. The lowest BCUT2D eigenvalue weighted by molar-refractivity contribution is 0.133. The van der Waals surface area contributed by atoms with Crippen LogP contribution < -0.4 is 5.73 Å². The maximum atomic E-state index is 8.45. The fourth-order valence-corrected chi connectivity index (χ4v) is 0.720. The van der Waals surface area contributed by atoms with E-state index < -0.39 is 0 Å². The summed E-state index contributed by atoms with van der Waals surface area (Å²) in [5.74, 6) is 0.342. The highest BCUT2D eigenvalue weighted by Crippen LogP contribution is 2.07. The molecule has 2 N–H and O–H groups in total. The summed E-state index contributed by atoms with van der Waals surface area (Å²) in [6.45, 7) is 0.320. The summed E-state index contributed by atoms with van der Waals surface area (Å²) < 4.78 is 6.35. The van der Waals surface area contributed by atoms with Crippen molar-refractivity contribution in [2.75, 3.05) is 12.8 Å². The van der Waals surface area contributed by atoms with Gasteiger partial charge in [-0.25, -0.2) is 4.98 Å². The summed E-state index contributed by atoms with van der Waals surface area (Å²) >= 11 is 0. The van der Waals surface area contributed by atoms with Crippen LogP contribution in [0.4, 0.5) is 5.82 Å². The van der Waals surface area contributed by atoms with Gasteiger partial charge in [0.2, 0.25) is 0 Å². The van der Waals surface area contributed by atoms with Crippen molar-refractivity contribution in [3.05, 3.63) is 12.0 Å². The summed E-state index contributed by atoms with van der Waals surface area (Å²) in [5, 5.41) is 8.45. The largest absolute Gasteiger partial charge is 0.383 e. The third kappa shape index (κ3) is 1.30. The Labute approximate surface area is 64.0 Å². The lowest BCUT2D eigenvalue weighted by Gasteiger charge is -2.00. The average Bonchev–Trinajstić information content (AvgIpc) is 2.34. The lowest BCUT2D eigenvalue weighted by Crippen LogP contribution is -2.03. The first kappa shape index (κ1) is 7.57. The molecule has 0 saturated heterocycles. The predicted molar refractivity (Wildman–Crippen MR) is 38.4 cm³/mol. The molecular weight excluding hydrogens is 144 g/mol. The number of nitrogen functional groups attached to an aromatic ring is 1. The van der Waals surface area contributed by atoms with Crippen LogP contribution in [0.25, 0.3) is 0 Å². The van der Waals surface area contributed by atoms with Crippen LogP contribution in [0.1, 0.15) is 5.69 Å². The molecule has 5 nitrogen and oxygen atoms in total. The van der Waals surface area contributed by atoms with Crippen molar-refractivity contribution < 1.29 is 4.74 Å². The van der Waals surface area contributed by atoms with E-state index in [0.717, 1.165) is 0 Å². The van der Waals surface area contributed by atoms with E-state index in [1.807, 2.05) is 6.07 Å². The van der Waals surface area contributed by atoms with E-state index in [0.29, 0.717) is 12.5 Å². The summed E-state index contributed by atoms with van der Waals surface area (Å²) in [6.07, 6.45) is 1.47. The Hall–Kier alpha value is -1.54. The van der Waals surface area contributed by atoms with E-state index in [4.69, 9.17) is 15.7 Å². The maximum absolute atomic E-state index is 8.45. The number of ether oxygens (including phenoxy) is 1. The van der Waals surface area contributed by atoms with Gasteiger partial charge >= 0.3 is 0 Å². The maximum Gasteiger partial charge on any atom is 0.182 e. The first-order valence-electron chi connectivity index (χ1n) is 2.99. The molecule has 11 heavy (non-hydrogen) atoms. The number of aromatic nitrogens is 2. The quantitative estimate of drug-likeness (QED) is 0.644. The van der Waals surface area contributed by atoms with Gasteiger partial charge < -0.3 is 10.5 Å². The molecule has 0 radical (unpaired) electrons. The van der Waals surface area contributed by atoms with Crippen molar-refractivity contribution in [2.45, 2.75) is 6.73 Å². The number of hydrogen-bond acceptors (Lipinski definition) is 4. The van der Waals surface area contributed by atoms with E-state index in [2.05, 4.69) is 4.98 Å². The summed E-state index contributed by atoms with van der Waals surface area (Å²) in [4.78, 5) is 3.75. The summed E-state index contributed by atoms with van der Waals surface area (Å²) in [7, 11) is 1.55. The van der Waals surface area contributed by atoms with Gasteiger partial charge in [-0.1, -0.05) is 0 Å². The molecule has 1 aromatic heterocycles. The van der Waals surface area contributed by atoms with Crippen molar-refractivity contribution in [1.82, 2.24) is 9.55 Å². The van der Waals surface area contributed by atoms with Gasteiger partial charge in [0.1, 0.15) is 18.6 Å². The van der Waals surface area contributed by atoms with Gasteiger partial charge in [0.05, 0.1) is 6.33 Å². The van der Waals surface area contributed by atoms with Crippen LogP contribution in [-0.2, 0) is 11.5 Å². The van der Waals surface area contributed by atoms with Gasteiger partial charge in [-0.15, -0.1) is 0 Å². The molecule has 1 rings (SSSR count). The molecule has 0 atom stereocenters. The van der Waals surface area contributed by atoms with Gasteiger partial charge in [0.25, 0.3) is 0 Å². The van der Waals surface area contributed by atoms with E-state index in [1.165, 1.54) is 6.33 Å². The van der Waals surface area contributed by atoms with Crippen LogP contribution in [0.2, 0.25) is 0 Å². The van der Waals surface area contributed by atoms with Gasteiger partial charge in [-0.3, -0.25) is 4.57 Å². The predicted octanol–water partition coefficient (Wildman–Crippen LogP) is -0.0591. The summed E-state index contributed by atoms with van der Waals surface area (Å²) in [6, 6.07) is 1.86. The van der Waals surface area contributed by atoms with Crippen LogP contribution in [0, 0.1) is 11.3 Å². The molecule has 0 amide bonds. The number of rotatable bonds is 2. The van der Waals surface area contributed by atoms with E-state index in [-0.39, 0.29) is 5.69 Å². The van der Waals surface area contributed by atoms with Crippen molar-refractivity contribution >= 4 is 5.82 Å². The van der Waals surface area contributed by atoms with Crippen LogP contribution in [0.15, 0.2) is 6.33 Å². The van der Waals surface area contributed by atoms with Gasteiger partial charge in [-0.2, -0.15) is 5.26 Å². The number of imidazole rings is 1. The van der Waals surface area contributed by atoms with Crippen LogP contribution in [0.5, 0.6) is 0 Å². The molecule has 0 aliphatic carbocycles. The molecule has 0 spiro atoms. The molecule has 0 aliphatic heterocycles. The molecule has 58 valence electrons. The molecule has 0 fully saturated rings. The Morgan fingerprint density at radius 2 is 2.64 bits per heavy atom. The SMILES string of the molecule is COCn1cnc(C#N)c1N. The van der Waals surface area contributed by atoms with Crippen LogP contribution in [-0.4, -0.2) is 16.7 Å². The van der Waals surface area contributed by atoms with E-state index in [1.54, 1.807) is 11.7 Å². The second-order valence-corrected chi connectivity index (χ2v) is 1.98. The minimum Gasteiger partial charge on any atom is -0.383 e. The third-order valence-corrected chi connectivity index (χ3v) is 1.25. The topological polar surface area (TPSA) is 76.9 Å². The van der Waals surface area contributed by atoms with Crippen molar-refractivity contribution in [3.63, 3.8) is 0 Å². The lowest BCUT2D eigenvalue weighted by atomic mass is 10.5. The smallest absolute Gasteiger partial charge is 0.182 e. The number of nitriles is 1. The normalized spacial score (nSPS) is 9.45. The highest BCUT2D eigenvalue weighted by molar-refractivity contribution is 5.43. The Morgan fingerprint density at radius 3 is 3.09 bits per heavy atom. The Kier molecular flexibility index (Phi) is 2.09. The van der Waals surface area contributed by atoms with E-state index in [9.17, 15) is 0 Å². The van der Waals surface area contributed by atoms with E-state index >= 15 is 0 Å². The zero-order valence-corrected chi connectivity index (χ0v) is 6.11. The molecule has 1 heterocycles.